The molecule has 4 heteroatoms. The average Bonchev–Trinajstić information content (AvgIpc) is 3.00. The molecule has 0 bridgehead atoms. The van der Waals surface area contributed by atoms with E-state index in [0.29, 0.717) is 12.1 Å². The highest BCUT2D eigenvalue weighted by atomic mass is 16.5. The maximum atomic E-state index is 5.64. The molecule has 0 saturated heterocycles. The lowest BCUT2D eigenvalue weighted by molar-refractivity contribution is 0.440. The summed E-state index contributed by atoms with van der Waals surface area (Å²) >= 11 is 0. The second-order valence-electron chi connectivity index (χ2n) is 5.14. The summed E-state index contributed by atoms with van der Waals surface area (Å²) in [5, 5.41) is 3.60. The topological polar surface area (TPSA) is 47.0 Å². The van der Waals surface area contributed by atoms with Crippen LogP contribution in [-0.2, 0) is 6.54 Å². The van der Waals surface area contributed by atoms with Crippen molar-refractivity contribution in [3.05, 3.63) is 48.3 Å². The molecule has 1 aliphatic rings. The minimum atomic E-state index is 0.383. The predicted molar refractivity (Wildman–Crippen MR) is 77.6 cm³/mol. The zero-order chi connectivity index (χ0) is 13.6. The number of aromatic nitrogens is 2. The Bertz CT molecular complexity index is 538. The van der Waals surface area contributed by atoms with Gasteiger partial charge in [0.1, 0.15) is 5.75 Å². The minimum Gasteiger partial charge on any atom is -0.424 e. The Hall–Kier alpha value is -1.94. The molecule has 0 amide bonds. The van der Waals surface area contributed by atoms with Gasteiger partial charge in [0.05, 0.1) is 0 Å². The van der Waals surface area contributed by atoms with Gasteiger partial charge in [0.25, 0.3) is 0 Å². The lowest BCUT2D eigenvalue weighted by Gasteiger charge is -2.12. The molecule has 104 valence electrons. The van der Waals surface area contributed by atoms with E-state index in [2.05, 4.69) is 21.4 Å². The summed E-state index contributed by atoms with van der Waals surface area (Å²) in [7, 11) is 0. The first-order valence-electron chi connectivity index (χ1n) is 7.17. The number of hydrogen-bond acceptors (Lipinski definition) is 4. The van der Waals surface area contributed by atoms with Crippen LogP contribution in [0, 0.1) is 0 Å². The molecule has 0 atom stereocenters. The Morgan fingerprint density at radius 3 is 2.70 bits per heavy atom. The van der Waals surface area contributed by atoms with Crippen molar-refractivity contribution in [1.82, 2.24) is 15.3 Å². The lowest BCUT2D eigenvalue weighted by Crippen LogP contribution is -2.25. The van der Waals surface area contributed by atoms with E-state index in [-0.39, 0.29) is 0 Å². The molecule has 1 saturated carbocycles. The number of nitrogens with zero attached hydrogens (tertiary/aromatic N) is 2. The first-order chi connectivity index (χ1) is 9.90. The van der Waals surface area contributed by atoms with Crippen LogP contribution in [0.15, 0.2) is 42.7 Å². The molecule has 1 aliphatic carbocycles. The Kier molecular flexibility index (Phi) is 4.23. The summed E-state index contributed by atoms with van der Waals surface area (Å²) in [5.41, 5.74) is 1.23. The van der Waals surface area contributed by atoms with Gasteiger partial charge in [-0.15, -0.1) is 0 Å². The van der Waals surface area contributed by atoms with Crippen molar-refractivity contribution >= 4 is 0 Å². The number of rotatable bonds is 5. The molecule has 4 nitrogen and oxygen atoms in total. The molecule has 1 N–H and O–H groups in total. The number of benzene rings is 1. The van der Waals surface area contributed by atoms with Crippen LogP contribution in [-0.4, -0.2) is 16.0 Å². The molecule has 0 radical (unpaired) electrons. The second kappa shape index (κ2) is 6.48. The van der Waals surface area contributed by atoms with E-state index in [1.807, 2.05) is 18.2 Å². The van der Waals surface area contributed by atoms with Crippen molar-refractivity contribution in [3.8, 4) is 11.8 Å². The molecule has 0 spiro atoms. The molecule has 1 aromatic carbocycles. The normalized spacial score (nSPS) is 15.4. The average molecular weight is 269 g/mol. The fourth-order valence-corrected chi connectivity index (χ4v) is 2.55. The first kappa shape index (κ1) is 13.1. The van der Waals surface area contributed by atoms with E-state index in [0.717, 1.165) is 12.3 Å². The van der Waals surface area contributed by atoms with Crippen molar-refractivity contribution in [2.24, 2.45) is 0 Å². The lowest BCUT2D eigenvalue weighted by atomic mass is 10.2. The number of hydrogen-bond donors (Lipinski definition) is 1. The van der Waals surface area contributed by atoms with Crippen molar-refractivity contribution in [2.45, 2.75) is 38.3 Å². The molecule has 2 aromatic rings. The summed E-state index contributed by atoms with van der Waals surface area (Å²) in [6.45, 7) is 0.886. The Labute approximate surface area is 119 Å². The summed E-state index contributed by atoms with van der Waals surface area (Å²) in [6, 6.07) is 10.9. The molecule has 0 unspecified atom stereocenters. The van der Waals surface area contributed by atoms with Gasteiger partial charge in [0, 0.05) is 25.0 Å². The molecule has 3 rings (SSSR count). The summed E-state index contributed by atoms with van der Waals surface area (Å²) < 4.78 is 5.64. The molecule has 1 fully saturated rings. The summed E-state index contributed by atoms with van der Waals surface area (Å²) in [5.74, 6) is 0.780. The van der Waals surface area contributed by atoms with Crippen LogP contribution in [0.4, 0.5) is 0 Å². The van der Waals surface area contributed by atoms with Gasteiger partial charge in [0.15, 0.2) is 0 Å². The van der Waals surface area contributed by atoms with Gasteiger partial charge in [-0.1, -0.05) is 25.0 Å². The molecule has 0 aliphatic heterocycles. The summed E-state index contributed by atoms with van der Waals surface area (Å²) in [4.78, 5) is 8.13. The monoisotopic (exact) mass is 269 g/mol. The largest absolute Gasteiger partial charge is 0.424 e. The van der Waals surface area contributed by atoms with Gasteiger partial charge in [0.2, 0.25) is 0 Å². The van der Waals surface area contributed by atoms with E-state index < -0.39 is 0 Å². The Morgan fingerprint density at radius 1 is 1.10 bits per heavy atom. The smallest absolute Gasteiger partial charge is 0.321 e. The summed E-state index contributed by atoms with van der Waals surface area (Å²) in [6.07, 6.45) is 8.65. The highest BCUT2D eigenvalue weighted by molar-refractivity contribution is 5.30. The third-order valence-electron chi connectivity index (χ3n) is 3.60. The predicted octanol–water partition coefficient (Wildman–Crippen LogP) is 3.30. The van der Waals surface area contributed by atoms with Crippen molar-refractivity contribution in [2.75, 3.05) is 0 Å². The minimum absolute atomic E-state index is 0.383. The van der Waals surface area contributed by atoms with Crippen LogP contribution < -0.4 is 10.1 Å². The van der Waals surface area contributed by atoms with E-state index in [9.17, 15) is 0 Å². The second-order valence-corrected chi connectivity index (χ2v) is 5.14. The zero-order valence-electron chi connectivity index (χ0n) is 11.5. The highest BCUT2D eigenvalue weighted by Crippen LogP contribution is 2.20. The van der Waals surface area contributed by atoms with Gasteiger partial charge in [-0.3, -0.25) is 0 Å². The van der Waals surface area contributed by atoms with Gasteiger partial charge in [-0.25, -0.2) is 9.97 Å². The van der Waals surface area contributed by atoms with Crippen LogP contribution in [0.1, 0.15) is 31.2 Å². The third kappa shape index (κ3) is 3.54. The van der Waals surface area contributed by atoms with Gasteiger partial charge in [-0.2, -0.15) is 0 Å². The van der Waals surface area contributed by atoms with Crippen LogP contribution in [0.2, 0.25) is 0 Å². The molecule has 1 aromatic heterocycles. The van der Waals surface area contributed by atoms with Crippen molar-refractivity contribution < 1.29 is 4.74 Å². The van der Waals surface area contributed by atoms with E-state index >= 15 is 0 Å². The Morgan fingerprint density at radius 2 is 1.90 bits per heavy atom. The van der Waals surface area contributed by atoms with E-state index in [4.69, 9.17) is 4.74 Å². The van der Waals surface area contributed by atoms with Gasteiger partial charge < -0.3 is 10.1 Å². The molecule has 20 heavy (non-hydrogen) atoms. The van der Waals surface area contributed by atoms with Crippen LogP contribution in [0.3, 0.4) is 0 Å². The number of ether oxygens (including phenoxy) is 1. The third-order valence-corrected chi connectivity index (χ3v) is 3.60. The highest BCUT2D eigenvalue weighted by Gasteiger charge is 2.13. The molecular formula is C16H19N3O. The zero-order valence-corrected chi connectivity index (χ0v) is 11.5. The van der Waals surface area contributed by atoms with Crippen molar-refractivity contribution in [3.63, 3.8) is 0 Å². The maximum Gasteiger partial charge on any atom is 0.321 e. The van der Waals surface area contributed by atoms with Crippen LogP contribution >= 0.6 is 0 Å². The van der Waals surface area contributed by atoms with E-state index in [1.54, 1.807) is 18.5 Å². The molecular weight excluding hydrogens is 250 g/mol. The number of nitrogens with one attached hydrogen (secondary N) is 1. The first-order valence-corrected chi connectivity index (χ1v) is 7.17. The standard InChI is InChI=1S/C16H19N3O/c1-2-7-14(6-1)19-12-13-5-3-8-15(11-13)20-16-17-9-4-10-18-16/h3-5,8-11,14,19H,1-2,6-7,12H2. The van der Waals surface area contributed by atoms with Crippen LogP contribution in [0.5, 0.6) is 11.8 Å². The fraction of sp³-hybridized carbons (Fsp3) is 0.375. The fourth-order valence-electron chi connectivity index (χ4n) is 2.55. The quantitative estimate of drug-likeness (QED) is 0.904. The Balaban J connectivity index is 1.60. The van der Waals surface area contributed by atoms with Gasteiger partial charge >= 0.3 is 6.01 Å². The van der Waals surface area contributed by atoms with Crippen molar-refractivity contribution in [1.29, 1.82) is 0 Å². The molecule has 1 heterocycles. The maximum absolute atomic E-state index is 5.64. The van der Waals surface area contributed by atoms with E-state index in [1.165, 1.54) is 31.2 Å². The van der Waals surface area contributed by atoms with Crippen LogP contribution in [0.25, 0.3) is 0 Å². The van der Waals surface area contributed by atoms with Gasteiger partial charge in [-0.05, 0) is 36.6 Å². The SMILES string of the molecule is c1cnc(Oc2cccc(CNC3CCCC3)c2)nc1.